The zero-order chi connectivity index (χ0) is 28.6. The zero-order valence-electron chi connectivity index (χ0n) is 27.3. The van der Waals surface area contributed by atoms with Crippen molar-refractivity contribution in [3.8, 4) is 0 Å². The second-order valence-corrected chi connectivity index (χ2v) is 13.3. The Labute approximate surface area is 240 Å². The van der Waals surface area contributed by atoms with Crippen molar-refractivity contribution in [2.24, 2.45) is 29.6 Å². The van der Waals surface area contributed by atoms with Gasteiger partial charge in [-0.2, -0.15) is 0 Å². The van der Waals surface area contributed by atoms with Crippen LogP contribution in [0.2, 0.25) is 0 Å². The van der Waals surface area contributed by atoms with Crippen LogP contribution in [-0.2, 0) is 9.53 Å². The van der Waals surface area contributed by atoms with Crippen LogP contribution < -0.4 is 0 Å². The summed E-state index contributed by atoms with van der Waals surface area (Å²) >= 11 is 0. The Balaban J connectivity index is 4.37. The van der Waals surface area contributed by atoms with Crippen LogP contribution in [0.3, 0.4) is 0 Å². The topological polar surface area (TPSA) is 26.3 Å². The third-order valence-electron chi connectivity index (χ3n) is 8.96. The van der Waals surface area contributed by atoms with Crippen LogP contribution in [0.15, 0.2) is 12.2 Å². The number of carbonyl (C=O) groups is 1. The van der Waals surface area contributed by atoms with Gasteiger partial charge in [0.1, 0.15) is 0 Å². The first-order valence-electron chi connectivity index (χ1n) is 17.0. The SMILES string of the molecule is C=C(C)C(=O)OCC(CCC(C)CCCCC(C)CCCCCC)C(C)CCCC(C)CCCCCCC. The van der Waals surface area contributed by atoms with E-state index in [4.69, 9.17) is 4.74 Å². The first-order valence-corrected chi connectivity index (χ1v) is 17.0. The lowest BCUT2D eigenvalue weighted by molar-refractivity contribution is -0.141. The molecule has 2 heteroatoms. The van der Waals surface area contributed by atoms with Gasteiger partial charge in [0.15, 0.2) is 0 Å². The molecule has 0 aromatic heterocycles. The lowest BCUT2D eigenvalue weighted by atomic mass is 9.83. The van der Waals surface area contributed by atoms with Gasteiger partial charge in [-0.25, -0.2) is 4.79 Å². The fourth-order valence-electron chi connectivity index (χ4n) is 5.80. The molecule has 0 rings (SSSR count). The van der Waals surface area contributed by atoms with E-state index in [0.29, 0.717) is 24.0 Å². The Morgan fingerprint density at radius 3 is 1.50 bits per heavy atom. The quantitative estimate of drug-likeness (QED) is 0.0595. The zero-order valence-corrected chi connectivity index (χ0v) is 27.3. The molecule has 0 amide bonds. The monoisotopic (exact) mass is 535 g/mol. The van der Waals surface area contributed by atoms with E-state index < -0.39 is 0 Å². The van der Waals surface area contributed by atoms with Crippen LogP contribution >= 0.6 is 0 Å². The molecule has 0 saturated carbocycles. The first kappa shape index (κ1) is 37.2. The van der Waals surface area contributed by atoms with Crippen molar-refractivity contribution in [3.05, 3.63) is 12.2 Å². The summed E-state index contributed by atoms with van der Waals surface area (Å²) in [5.41, 5.74) is 0.511. The smallest absolute Gasteiger partial charge is 0.333 e. The number of esters is 1. The van der Waals surface area contributed by atoms with Gasteiger partial charge in [0, 0.05) is 5.57 Å². The van der Waals surface area contributed by atoms with Crippen molar-refractivity contribution in [1.29, 1.82) is 0 Å². The maximum Gasteiger partial charge on any atom is 0.333 e. The van der Waals surface area contributed by atoms with Gasteiger partial charge in [0.2, 0.25) is 0 Å². The molecule has 0 heterocycles. The Bertz CT molecular complexity index is 554. The largest absolute Gasteiger partial charge is 0.462 e. The molecular formula is C36H70O2. The molecule has 226 valence electrons. The lowest BCUT2D eigenvalue weighted by Crippen LogP contribution is -2.22. The lowest BCUT2D eigenvalue weighted by Gasteiger charge is -2.26. The molecule has 0 aromatic carbocycles. The third-order valence-corrected chi connectivity index (χ3v) is 8.96. The molecule has 5 atom stereocenters. The molecule has 5 unspecified atom stereocenters. The molecule has 38 heavy (non-hydrogen) atoms. The molecule has 0 radical (unpaired) electrons. The van der Waals surface area contributed by atoms with Gasteiger partial charge in [-0.15, -0.1) is 0 Å². The van der Waals surface area contributed by atoms with Crippen molar-refractivity contribution >= 4 is 5.97 Å². The van der Waals surface area contributed by atoms with Gasteiger partial charge >= 0.3 is 5.97 Å². The highest BCUT2D eigenvalue weighted by molar-refractivity contribution is 5.86. The maximum absolute atomic E-state index is 12.1. The Hall–Kier alpha value is -0.790. The second kappa shape index (κ2) is 25.2. The summed E-state index contributed by atoms with van der Waals surface area (Å²) < 4.78 is 5.67. The highest BCUT2D eigenvalue weighted by Crippen LogP contribution is 2.28. The summed E-state index contributed by atoms with van der Waals surface area (Å²) in [5, 5.41) is 0. The van der Waals surface area contributed by atoms with Gasteiger partial charge in [-0.1, -0.05) is 170 Å². The van der Waals surface area contributed by atoms with Crippen LogP contribution in [0.5, 0.6) is 0 Å². The fraction of sp³-hybridized carbons (Fsp3) is 0.917. The summed E-state index contributed by atoms with van der Waals surface area (Å²) in [7, 11) is 0. The van der Waals surface area contributed by atoms with E-state index in [2.05, 4.69) is 48.1 Å². The average Bonchev–Trinajstić information content (AvgIpc) is 2.88. The van der Waals surface area contributed by atoms with Gasteiger partial charge in [-0.3, -0.25) is 0 Å². The predicted octanol–water partition coefficient (Wildman–Crippen LogP) is 12.1. The molecule has 0 aliphatic carbocycles. The summed E-state index contributed by atoms with van der Waals surface area (Å²) in [5.74, 6) is 3.32. The van der Waals surface area contributed by atoms with E-state index >= 15 is 0 Å². The summed E-state index contributed by atoms with van der Waals surface area (Å²) in [4.78, 5) is 12.1. The highest BCUT2D eigenvalue weighted by Gasteiger charge is 2.21. The maximum atomic E-state index is 12.1. The van der Waals surface area contributed by atoms with Crippen molar-refractivity contribution in [2.45, 2.75) is 177 Å². The molecule has 2 nitrogen and oxygen atoms in total. The number of unbranched alkanes of at least 4 members (excludes halogenated alkanes) is 8. The van der Waals surface area contributed by atoms with Crippen LogP contribution in [-0.4, -0.2) is 12.6 Å². The first-order chi connectivity index (χ1) is 18.2. The Morgan fingerprint density at radius 2 is 1.00 bits per heavy atom. The van der Waals surface area contributed by atoms with Gasteiger partial charge in [-0.05, 0) is 42.9 Å². The molecule has 0 aliphatic heterocycles. The number of rotatable bonds is 27. The standard InChI is InChI=1S/C36H70O2/c1-9-11-13-15-17-22-32(6)25-20-26-34(8)35(29-38-36(37)30(3)4)28-27-33(7)24-19-18-23-31(5)21-16-14-12-10-2/h31-35H,3,9-29H2,1-2,4-8H3. The Kier molecular flexibility index (Phi) is 24.7. The summed E-state index contributed by atoms with van der Waals surface area (Å²) in [6.45, 7) is 20.4. The molecule has 0 spiro atoms. The fourth-order valence-corrected chi connectivity index (χ4v) is 5.80. The summed E-state index contributed by atoms with van der Waals surface area (Å²) in [6.07, 6.45) is 27.1. The number of ether oxygens (including phenoxy) is 1. The predicted molar refractivity (Wildman–Crippen MR) is 170 cm³/mol. The molecule has 0 aliphatic rings. The molecular weight excluding hydrogens is 464 g/mol. The van der Waals surface area contributed by atoms with Crippen molar-refractivity contribution in [3.63, 3.8) is 0 Å². The van der Waals surface area contributed by atoms with Crippen molar-refractivity contribution < 1.29 is 9.53 Å². The molecule has 0 N–H and O–H groups in total. The van der Waals surface area contributed by atoms with E-state index in [9.17, 15) is 4.79 Å². The summed E-state index contributed by atoms with van der Waals surface area (Å²) in [6, 6.07) is 0. The van der Waals surface area contributed by atoms with E-state index in [-0.39, 0.29) is 5.97 Å². The van der Waals surface area contributed by atoms with Gasteiger partial charge in [0.25, 0.3) is 0 Å². The third kappa shape index (κ3) is 22.1. The second-order valence-electron chi connectivity index (χ2n) is 13.3. The van der Waals surface area contributed by atoms with Crippen LogP contribution in [0.1, 0.15) is 177 Å². The number of hydrogen-bond donors (Lipinski definition) is 0. The minimum absolute atomic E-state index is 0.226. The Morgan fingerprint density at radius 1 is 0.579 bits per heavy atom. The highest BCUT2D eigenvalue weighted by atomic mass is 16.5. The van der Waals surface area contributed by atoms with Crippen LogP contribution in [0.25, 0.3) is 0 Å². The van der Waals surface area contributed by atoms with E-state index in [1.54, 1.807) is 6.92 Å². The van der Waals surface area contributed by atoms with Gasteiger partial charge in [0.05, 0.1) is 6.61 Å². The molecule has 0 saturated heterocycles. The molecule has 0 aromatic rings. The number of carbonyl (C=O) groups excluding carboxylic acids is 1. The minimum Gasteiger partial charge on any atom is -0.462 e. The molecule has 0 fully saturated rings. The van der Waals surface area contributed by atoms with Crippen molar-refractivity contribution in [1.82, 2.24) is 0 Å². The van der Waals surface area contributed by atoms with Crippen LogP contribution in [0, 0.1) is 29.6 Å². The van der Waals surface area contributed by atoms with E-state index in [1.165, 1.54) is 128 Å². The van der Waals surface area contributed by atoms with E-state index in [1.807, 2.05) is 0 Å². The normalized spacial score (nSPS) is 15.6. The average molecular weight is 535 g/mol. The molecule has 0 bridgehead atoms. The van der Waals surface area contributed by atoms with Crippen molar-refractivity contribution in [2.75, 3.05) is 6.61 Å². The van der Waals surface area contributed by atoms with Gasteiger partial charge < -0.3 is 4.74 Å². The van der Waals surface area contributed by atoms with E-state index in [0.717, 1.165) is 17.8 Å². The van der Waals surface area contributed by atoms with Crippen LogP contribution in [0.4, 0.5) is 0 Å². The minimum atomic E-state index is -0.226. The number of hydrogen-bond acceptors (Lipinski definition) is 2.